The van der Waals surface area contributed by atoms with Crippen LogP contribution in [0.25, 0.3) is 6.08 Å². The van der Waals surface area contributed by atoms with Crippen LogP contribution in [-0.4, -0.2) is 25.0 Å². The van der Waals surface area contributed by atoms with Gasteiger partial charge >= 0.3 is 0 Å². The van der Waals surface area contributed by atoms with Crippen LogP contribution in [0.2, 0.25) is 0 Å². The summed E-state index contributed by atoms with van der Waals surface area (Å²) in [5.74, 6) is -0.214. The van der Waals surface area contributed by atoms with Crippen LogP contribution in [0.4, 0.5) is 5.69 Å². The number of aromatic hydroxyl groups is 1. The molecule has 102 valence electrons. The zero-order valence-corrected chi connectivity index (χ0v) is 11.6. The van der Waals surface area contributed by atoms with Gasteiger partial charge in [0.1, 0.15) is 5.75 Å². The van der Waals surface area contributed by atoms with Crippen LogP contribution in [-0.2, 0) is 0 Å². The van der Waals surface area contributed by atoms with Crippen LogP contribution in [0.3, 0.4) is 0 Å². The first-order chi connectivity index (χ1) is 9.58. The second kappa shape index (κ2) is 6.06. The number of rotatable bonds is 4. The molecule has 0 amide bonds. The van der Waals surface area contributed by atoms with Gasteiger partial charge in [-0.1, -0.05) is 36.4 Å². The zero-order chi connectivity index (χ0) is 14.5. The minimum atomic E-state index is -0.213. The summed E-state index contributed by atoms with van der Waals surface area (Å²) in [6, 6.07) is 14.6. The number of allylic oxidation sites excluding steroid dienone is 1. The number of benzene rings is 2. The number of carbonyl (C=O) groups is 1. The summed E-state index contributed by atoms with van der Waals surface area (Å²) >= 11 is 0. The molecule has 0 saturated heterocycles. The number of hydrogen-bond donors (Lipinski definition) is 1. The largest absolute Gasteiger partial charge is 0.507 e. The number of anilines is 1. The topological polar surface area (TPSA) is 40.5 Å². The SMILES string of the molecule is CN(C)c1ccc(O)c(C(=O)C=Cc2ccccc2)c1. The van der Waals surface area contributed by atoms with Gasteiger partial charge in [0, 0.05) is 19.8 Å². The molecule has 0 aliphatic rings. The van der Waals surface area contributed by atoms with E-state index in [1.807, 2.05) is 49.3 Å². The molecule has 0 spiro atoms. The standard InChI is InChI=1S/C17H17NO2/c1-18(2)14-9-11-17(20)15(12-14)16(19)10-8-13-6-4-3-5-7-13/h3-12,20H,1-2H3. The van der Waals surface area contributed by atoms with E-state index in [1.165, 1.54) is 6.08 Å². The molecule has 1 N–H and O–H groups in total. The molecule has 0 aliphatic heterocycles. The van der Waals surface area contributed by atoms with Gasteiger partial charge in [0.05, 0.1) is 5.56 Å². The van der Waals surface area contributed by atoms with Gasteiger partial charge in [-0.05, 0) is 29.8 Å². The van der Waals surface area contributed by atoms with E-state index in [2.05, 4.69) is 0 Å². The lowest BCUT2D eigenvalue weighted by Crippen LogP contribution is -2.09. The van der Waals surface area contributed by atoms with Crippen molar-refractivity contribution in [3.63, 3.8) is 0 Å². The van der Waals surface area contributed by atoms with Crippen molar-refractivity contribution in [2.75, 3.05) is 19.0 Å². The summed E-state index contributed by atoms with van der Waals surface area (Å²) < 4.78 is 0. The average Bonchev–Trinajstić information content (AvgIpc) is 2.46. The highest BCUT2D eigenvalue weighted by molar-refractivity contribution is 6.09. The van der Waals surface area contributed by atoms with E-state index in [1.54, 1.807) is 24.3 Å². The molecule has 0 bridgehead atoms. The first kappa shape index (κ1) is 13.9. The highest BCUT2D eigenvalue weighted by atomic mass is 16.3. The molecule has 0 radical (unpaired) electrons. The Bertz CT molecular complexity index is 631. The third-order valence-electron chi connectivity index (χ3n) is 2.99. The van der Waals surface area contributed by atoms with Gasteiger partial charge < -0.3 is 10.0 Å². The van der Waals surface area contributed by atoms with Crippen molar-refractivity contribution < 1.29 is 9.90 Å². The summed E-state index contributed by atoms with van der Waals surface area (Å²) in [4.78, 5) is 14.0. The third-order valence-corrected chi connectivity index (χ3v) is 2.99. The quantitative estimate of drug-likeness (QED) is 0.682. The maximum absolute atomic E-state index is 12.1. The van der Waals surface area contributed by atoms with Gasteiger partial charge in [-0.25, -0.2) is 0 Å². The molecule has 0 heterocycles. The van der Waals surface area contributed by atoms with Gasteiger partial charge in [0.15, 0.2) is 5.78 Å². The number of phenolic OH excluding ortho intramolecular Hbond substituents is 1. The monoisotopic (exact) mass is 267 g/mol. The van der Waals surface area contributed by atoms with Gasteiger partial charge in [0.2, 0.25) is 0 Å². The van der Waals surface area contributed by atoms with Crippen LogP contribution >= 0.6 is 0 Å². The molecule has 0 unspecified atom stereocenters. The van der Waals surface area contributed by atoms with Crippen LogP contribution < -0.4 is 4.90 Å². The summed E-state index contributed by atoms with van der Waals surface area (Å²) in [6.45, 7) is 0. The van der Waals surface area contributed by atoms with Crippen LogP contribution in [0.15, 0.2) is 54.6 Å². The molecule has 0 atom stereocenters. The van der Waals surface area contributed by atoms with Gasteiger partial charge in [-0.2, -0.15) is 0 Å². The molecule has 2 rings (SSSR count). The molecule has 0 saturated carbocycles. The summed E-state index contributed by atoms with van der Waals surface area (Å²) in [6.07, 6.45) is 3.22. The molecular formula is C17H17NO2. The average molecular weight is 267 g/mol. The number of carbonyl (C=O) groups excluding carboxylic acids is 1. The second-order valence-electron chi connectivity index (χ2n) is 4.70. The first-order valence-corrected chi connectivity index (χ1v) is 6.36. The van der Waals surface area contributed by atoms with Gasteiger partial charge in [-0.15, -0.1) is 0 Å². The Morgan fingerprint density at radius 3 is 2.45 bits per heavy atom. The molecule has 0 aromatic heterocycles. The van der Waals surface area contributed by atoms with E-state index in [9.17, 15) is 9.90 Å². The summed E-state index contributed by atoms with van der Waals surface area (Å²) in [5.41, 5.74) is 2.13. The van der Waals surface area contributed by atoms with E-state index in [-0.39, 0.29) is 11.5 Å². The molecule has 2 aromatic rings. The van der Waals surface area contributed by atoms with Crippen LogP contribution in [0.1, 0.15) is 15.9 Å². The van der Waals surface area contributed by atoms with Crippen molar-refractivity contribution in [3.05, 3.63) is 65.7 Å². The van der Waals surface area contributed by atoms with Gasteiger partial charge in [-0.3, -0.25) is 4.79 Å². The highest BCUT2D eigenvalue weighted by Crippen LogP contribution is 2.24. The Balaban J connectivity index is 2.25. The van der Waals surface area contributed by atoms with Crippen molar-refractivity contribution in [2.45, 2.75) is 0 Å². The maximum Gasteiger partial charge on any atom is 0.189 e. The lowest BCUT2D eigenvalue weighted by Gasteiger charge is -2.13. The number of nitrogens with zero attached hydrogens (tertiary/aromatic N) is 1. The molecule has 3 heteroatoms. The van der Waals surface area contributed by atoms with E-state index >= 15 is 0 Å². The molecule has 20 heavy (non-hydrogen) atoms. The predicted molar refractivity (Wildman–Crippen MR) is 82.2 cm³/mol. The Morgan fingerprint density at radius 2 is 1.80 bits per heavy atom. The van der Waals surface area contributed by atoms with E-state index in [0.29, 0.717) is 5.56 Å². The van der Waals surface area contributed by atoms with Crippen molar-refractivity contribution in [1.82, 2.24) is 0 Å². The van der Waals surface area contributed by atoms with Crippen molar-refractivity contribution in [1.29, 1.82) is 0 Å². The summed E-state index contributed by atoms with van der Waals surface area (Å²) in [5, 5.41) is 9.81. The second-order valence-corrected chi connectivity index (χ2v) is 4.70. The van der Waals surface area contributed by atoms with E-state index < -0.39 is 0 Å². The van der Waals surface area contributed by atoms with E-state index in [0.717, 1.165) is 11.3 Å². The molecule has 0 aliphatic carbocycles. The van der Waals surface area contributed by atoms with Crippen molar-refractivity contribution in [2.24, 2.45) is 0 Å². The Kier molecular flexibility index (Phi) is 4.20. The van der Waals surface area contributed by atoms with Crippen LogP contribution in [0.5, 0.6) is 5.75 Å². The van der Waals surface area contributed by atoms with Crippen LogP contribution in [0, 0.1) is 0 Å². The smallest absolute Gasteiger partial charge is 0.189 e. The van der Waals surface area contributed by atoms with Gasteiger partial charge in [0.25, 0.3) is 0 Å². The first-order valence-electron chi connectivity index (χ1n) is 6.36. The number of phenols is 1. The molecule has 0 fully saturated rings. The van der Waals surface area contributed by atoms with Crippen molar-refractivity contribution in [3.8, 4) is 5.75 Å². The fourth-order valence-electron chi connectivity index (χ4n) is 1.83. The number of hydrogen-bond acceptors (Lipinski definition) is 3. The predicted octanol–water partition coefficient (Wildman–Crippen LogP) is 3.35. The molecule has 3 nitrogen and oxygen atoms in total. The zero-order valence-electron chi connectivity index (χ0n) is 11.6. The Morgan fingerprint density at radius 1 is 1.10 bits per heavy atom. The Labute approximate surface area is 118 Å². The normalized spacial score (nSPS) is 10.7. The Hall–Kier alpha value is -2.55. The molecule has 2 aromatic carbocycles. The lowest BCUT2D eigenvalue weighted by molar-refractivity contribution is 0.104. The lowest BCUT2D eigenvalue weighted by atomic mass is 10.1. The molecular weight excluding hydrogens is 250 g/mol. The number of ketones is 1. The fraction of sp³-hybridized carbons (Fsp3) is 0.118. The summed E-state index contributed by atoms with van der Waals surface area (Å²) in [7, 11) is 3.78. The van der Waals surface area contributed by atoms with E-state index in [4.69, 9.17) is 0 Å². The fourth-order valence-corrected chi connectivity index (χ4v) is 1.83. The third kappa shape index (κ3) is 3.26. The minimum Gasteiger partial charge on any atom is -0.507 e. The highest BCUT2D eigenvalue weighted by Gasteiger charge is 2.10. The van der Waals surface area contributed by atoms with Crippen molar-refractivity contribution >= 4 is 17.5 Å². The minimum absolute atomic E-state index is 0.00156. The maximum atomic E-state index is 12.1.